The molecule has 0 atom stereocenters. The van der Waals surface area contributed by atoms with Gasteiger partial charge >= 0.3 is 0 Å². The Hall–Kier alpha value is -7.94. The maximum atomic E-state index is 2.54. The van der Waals surface area contributed by atoms with Gasteiger partial charge in [0.05, 0.1) is 33.8 Å². The lowest BCUT2D eigenvalue weighted by atomic mass is 9.95. The fourth-order valence-electron chi connectivity index (χ4n) is 9.82. The number of rotatable bonds is 7. The maximum absolute atomic E-state index is 2.54. The highest BCUT2D eigenvalue weighted by Crippen LogP contribution is 2.53. The SMILES string of the molecule is c1ccc(-c2ccccc2N(c2ccc3c4c(cccc24)-c2ccccc2-3)c2cccc3c2c2ccccc2n3-c2c(-c3ccccc3)cccc2-c2ccccc2)cc1. The van der Waals surface area contributed by atoms with Crippen LogP contribution >= 0.6 is 0 Å². The first kappa shape index (κ1) is 34.1. The average Bonchev–Trinajstić information content (AvgIpc) is 3.84. The molecule has 11 aromatic rings. The summed E-state index contributed by atoms with van der Waals surface area (Å²) in [7, 11) is 0. The first-order valence-corrected chi connectivity index (χ1v) is 20.7. The normalized spacial score (nSPS) is 11.7. The minimum absolute atomic E-state index is 1.12. The van der Waals surface area contributed by atoms with Crippen LogP contribution in [0.4, 0.5) is 17.1 Å². The summed E-state index contributed by atoms with van der Waals surface area (Å²) in [5.74, 6) is 0. The second-order valence-corrected chi connectivity index (χ2v) is 15.6. The molecule has 1 aliphatic rings. The number of hydrogen-bond acceptors (Lipinski definition) is 1. The summed E-state index contributed by atoms with van der Waals surface area (Å²) in [6.45, 7) is 0. The van der Waals surface area contributed by atoms with E-state index in [1.165, 1.54) is 77.2 Å². The molecule has 0 fully saturated rings. The molecule has 10 aromatic carbocycles. The quantitative estimate of drug-likeness (QED) is 0.157. The van der Waals surface area contributed by atoms with Crippen LogP contribution in [-0.4, -0.2) is 4.57 Å². The largest absolute Gasteiger partial charge is 0.309 e. The Bertz CT molecular complexity index is 3330. The van der Waals surface area contributed by atoms with Crippen molar-refractivity contribution in [2.45, 2.75) is 0 Å². The van der Waals surface area contributed by atoms with E-state index in [9.17, 15) is 0 Å². The van der Waals surface area contributed by atoms with E-state index >= 15 is 0 Å². The van der Waals surface area contributed by atoms with Crippen molar-refractivity contribution in [1.29, 1.82) is 0 Å². The van der Waals surface area contributed by atoms with Gasteiger partial charge in [-0.1, -0.05) is 200 Å². The summed E-state index contributed by atoms with van der Waals surface area (Å²) in [6.07, 6.45) is 0. The third-order valence-corrected chi connectivity index (χ3v) is 12.3. The van der Waals surface area contributed by atoms with E-state index in [1.807, 2.05) is 0 Å². The van der Waals surface area contributed by atoms with Gasteiger partial charge < -0.3 is 9.47 Å². The zero-order valence-corrected chi connectivity index (χ0v) is 32.8. The third kappa shape index (κ3) is 5.21. The Kier molecular flexibility index (Phi) is 7.89. The fraction of sp³-hybridized carbons (Fsp3) is 0. The van der Waals surface area contributed by atoms with E-state index in [0.29, 0.717) is 0 Å². The highest BCUT2D eigenvalue weighted by atomic mass is 15.2. The van der Waals surface area contributed by atoms with Crippen molar-refractivity contribution in [3.05, 3.63) is 231 Å². The number of hydrogen-bond donors (Lipinski definition) is 0. The molecule has 280 valence electrons. The number of para-hydroxylation sites is 3. The third-order valence-electron chi connectivity index (χ3n) is 12.3. The molecule has 0 unspecified atom stereocenters. The van der Waals surface area contributed by atoms with E-state index in [4.69, 9.17) is 0 Å². The first-order chi connectivity index (χ1) is 29.8. The van der Waals surface area contributed by atoms with Crippen molar-refractivity contribution in [3.63, 3.8) is 0 Å². The Morgan fingerprint density at radius 1 is 0.250 bits per heavy atom. The molecule has 2 heteroatoms. The van der Waals surface area contributed by atoms with Crippen LogP contribution in [0.5, 0.6) is 0 Å². The second-order valence-electron chi connectivity index (χ2n) is 15.6. The van der Waals surface area contributed by atoms with Crippen molar-refractivity contribution >= 4 is 49.6 Å². The van der Waals surface area contributed by atoms with E-state index in [-0.39, 0.29) is 0 Å². The van der Waals surface area contributed by atoms with Gasteiger partial charge in [-0.2, -0.15) is 0 Å². The zero-order valence-electron chi connectivity index (χ0n) is 32.8. The number of benzene rings is 10. The lowest BCUT2D eigenvalue weighted by Crippen LogP contribution is -2.12. The summed E-state index contributed by atoms with van der Waals surface area (Å²) in [5.41, 5.74) is 19.1. The maximum Gasteiger partial charge on any atom is 0.0618 e. The zero-order chi connectivity index (χ0) is 39.6. The smallest absolute Gasteiger partial charge is 0.0618 e. The molecular weight excluding hydrogens is 725 g/mol. The molecule has 0 saturated carbocycles. The highest BCUT2D eigenvalue weighted by Gasteiger charge is 2.28. The van der Waals surface area contributed by atoms with E-state index in [0.717, 1.165) is 33.8 Å². The number of anilines is 3. The van der Waals surface area contributed by atoms with E-state index in [2.05, 4.69) is 240 Å². The van der Waals surface area contributed by atoms with Crippen molar-refractivity contribution < 1.29 is 0 Å². The van der Waals surface area contributed by atoms with Gasteiger partial charge in [-0.15, -0.1) is 0 Å². The summed E-state index contributed by atoms with van der Waals surface area (Å²) in [4.78, 5) is 2.54. The van der Waals surface area contributed by atoms with E-state index in [1.54, 1.807) is 0 Å². The first-order valence-electron chi connectivity index (χ1n) is 20.7. The molecule has 1 heterocycles. The van der Waals surface area contributed by atoms with Crippen LogP contribution in [0.15, 0.2) is 231 Å². The van der Waals surface area contributed by atoms with Crippen molar-refractivity contribution in [1.82, 2.24) is 4.57 Å². The van der Waals surface area contributed by atoms with Gasteiger partial charge in [0.25, 0.3) is 0 Å². The van der Waals surface area contributed by atoms with Crippen LogP contribution in [0.3, 0.4) is 0 Å². The van der Waals surface area contributed by atoms with Crippen LogP contribution in [0.2, 0.25) is 0 Å². The fourth-order valence-corrected chi connectivity index (χ4v) is 9.82. The second kappa shape index (κ2) is 13.9. The van der Waals surface area contributed by atoms with Gasteiger partial charge in [0.1, 0.15) is 0 Å². The number of nitrogens with zero attached hydrogens (tertiary/aromatic N) is 2. The molecule has 0 bridgehead atoms. The standard InChI is InChI=1S/C58H38N2/c1-4-19-39(20-5-1)42-25-12-14-33-51(42)59(53-38-37-48-46-27-11-10-26-45(46)47-31-17-32-49(53)56(47)48)54-35-18-36-55-57(54)50-28-13-15-34-52(50)60(55)58-43(40-21-6-2-7-22-40)29-16-30-44(58)41-23-8-3-9-24-41/h1-38H. The van der Waals surface area contributed by atoms with Crippen molar-refractivity contribution in [2.24, 2.45) is 0 Å². The minimum Gasteiger partial charge on any atom is -0.309 e. The molecular formula is C58H38N2. The molecule has 0 N–H and O–H groups in total. The Labute approximate surface area is 349 Å². The van der Waals surface area contributed by atoms with Crippen LogP contribution in [0.1, 0.15) is 0 Å². The molecule has 12 rings (SSSR count). The Morgan fingerprint density at radius 3 is 1.38 bits per heavy atom. The van der Waals surface area contributed by atoms with Crippen molar-refractivity contribution in [3.8, 4) is 61.3 Å². The molecule has 0 saturated heterocycles. The molecule has 0 spiro atoms. The summed E-state index contributed by atoms with van der Waals surface area (Å²) < 4.78 is 2.52. The molecule has 0 aliphatic heterocycles. The van der Waals surface area contributed by atoms with Crippen LogP contribution in [-0.2, 0) is 0 Å². The molecule has 0 amide bonds. The summed E-state index contributed by atoms with van der Waals surface area (Å²) in [6, 6.07) is 84.2. The lowest BCUT2D eigenvalue weighted by Gasteiger charge is -2.30. The number of fused-ring (bicyclic) bond motifs is 6. The van der Waals surface area contributed by atoms with Gasteiger partial charge in [0, 0.05) is 32.8 Å². The molecule has 1 aromatic heterocycles. The monoisotopic (exact) mass is 762 g/mol. The average molecular weight is 763 g/mol. The predicted molar refractivity (Wildman–Crippen MR) is 254 cm³/mol. The van der Waals surface area contributed by atoms with Gasteiger partial charge in [-0.05, 0) is 74.7 Å². The van der Waals surface area contributed by atoms with Gasteiger partial charge in [0.15, 0.2) is 0 Å². The number of aromatic nitrogens is 1. The summed E-state index contributed by atoms with van der Waals surface area (Å²) >= 11 is 0. The topological polar surface area (TPSA) is 8.17 Å². The Morgan fingerprint density at radius 2 is 0.700 bits per heavy atom. The minimum atomic E-state index is 1.12. The highest BCUT2D eigenvalue weighted by molar-refractivity contribution is 6.22. The Balaban J connectivity index is 1.21. The molecule has 0 radical (unpaired) electrons. The van der Waals surface area contributed by atoms with Crippen LogP contribution in [0.25, 0.3) is 93.9 Å². The molecule has 60 heavy (non-hydrogen) atoms. The molecule has 2 nitrogen and oxygen atoms in total. The van der Waals surface area contributed by atoms with Crippen LogP contribution in [0, 0.1) is 0 Å². The van der Waals surface area contributed by atoms with Gasteiger partial charge in [-0.25, -0.2) is 0 Å². The molecule has 1 aliphatic carbocycles. The van der Waals surface area contributed by atoms with Crippen molar-refractivity contribution in [2.75, 3.05) is 4.90 Å². The lowest BCUT2D eigenvalue weighted by molar-refractivity contribution is 1.18. The predicted octanol–water partition coefficient (Wildman–Crippen LogP) is 16.1. The van der Waals surface area contributed by atoms with Crippen LogP contribution < -0.4 is 4.90 Å². The van der Waals surface area contributed by atoms with E-state index < -0.39 is 0 Å². The van der Waals surface area contributed by atoms with Gasteiger partial charge in [0.2, 0.25) is 0 Å². The summed E-state index contributed by atoms with van der Waals surface area (Å²) in [5, 5.41) is 4.93. The van der Waals surface area contributed by atoms with Gasteiger partial charge in [-0.3, -0.25) is 0 Å².